The summed E-state index contributed by atoms with van der Waals surface area (Å²) in [6.07, 6.45) is 1.61. The summed E-state index contributed by atoms with van der Waals surface area (Å²) in [5.41, 5.74) is 0.833. The minimum absolute atomic E-state index is 0.0982. The summed E-state index contributed by atoms with van der Waals surface area (Å²) in [5, 5.41) is 1.35. The van der Waals surface area contributed by atoms with E-state index in [1.165, 1.54) is 16.3 Å². The molecule has 0 saturated heterocycles. The monoisotopic (exact) mass is 414 g/mol. The maximum absolute atomic E-state index is 12.8. The molecule has 0 saturated carbocycles. The van der Waals surface area contributed by atoms with Crippen molar-refractivity contribution < 1.29 is 14.3 Å². The Labute approximate surface area is 169 Å². The summed E-state index contributed by atoms with van der Waals surface area (Å²) >= 11 is 7.21. The van der Waals surface area contributed by atoms with Crippen molar-refractivity contribution in [1.29, 1.82) is 0 Å². The van der Waals surface area contributed by atoms with Gasteiger partial charge < -0.3 is 9.47 Å². The largest absolute Gasteiger partial charge is 0.454 e. The molecule has 28 heavy (non-hydrogen) atoms. The fourth-order valence-electron chi connectivity index (χ4n) is 2.86. The number of carbonyl (C=O) groups excluding carboxylic acids is 1. The van der Waals surface area contributed by atoms with Crippen LogP contribution in [0.5, 0.6) is 11.5 Å². The molecular weight excluding hydrogens is 400 g/mol. The van der Waals surface area contributed by atoms with Gasteiger partial charge in [0.15, 0.2) is 22.4 Å². The Morgan fingerprint density at radius 2 is 2.07 bits per heavy atom. The zero-order valence-corrected chi connectivity index (χ0v) is 16.3. The number of ether oxygens (including phenoxy) is 2. The van der Waals surface area contributed by atoms with Crippen molar-refractivity contribution in [2.75, 3.05) is 12.5 Å². The van der Waals surface area contributed by atoms with Crippen LogP contribution in [0.3, 0.4) is 0 Å². The second-order valence-corrected chi connectivity index (χ2v) is 7.42. The first-order valence-electron chi connectivity index (χ1n) is 8.43. The average molecular weight is 415 g/mol. The normalized spacial score (nSPS) is 12.3. The molecule has 2 aromatic carbocycles. The Morgan fingerprint density at radius 3 is 2.89 bits per heavy atom. The molecule has 3 aromatic rings. The van der Waals surface area contributed by atoms with Gasteiger partial charge in [-0.3, -0.25) is 14.2 Å². The van der Waals surface area contributed by atoms with Crippen LogP contribution in [0.4, 0.5) is 0 Å². The highest BCUT2D eigenvalue weighted by atomic mass is 35.5. The highest BCUT2D eigenvalue weighted by Crippen LogP contribution is 2.33. The quantitative estimate of drug-likeness (QED) is 0.263. The Balaban J connectivity index is 1.62. The van der Waals surface area contributed by atoms with Crippen molar-refractivity contribution in [3.63, 3.8) is 0 Å². The number of nitrogens with zero attached hydrogens (tertiary/aromatic N) is 2. The minimum atomic E-state index is -0.217. The molecule has 0 fully saturated rings. The molecule has 1 aliphatic heterocycles. The molecule has 1 aliphatic rings. The first kappa shape index (κ1) is 18.6. The molecule has 0 atom stereocenters. The molecular formula is C20H15ClN2O4S. The maximum Gasteiger partial charge on any atom is 0.262 e. The van der Waals surface area contributed by atoms with Crippen LogP contribution in [-0.4, -0.2) is 27.9 Å². The van der Waals surface area contributed by atoms with Gasteiger partial charge in [-0.2, -0.15) is 0 Å². The third kappa shape index (κ3) is 3.50. The average Bonchev–Trinajstić information content (AvgIpc) is 3.17. The van der Waals surface area contributed by atoms with Crippen LogP contribution in [0.1, 0.15) is 10.4 Å². The third-order valence-corrected chi connectivity index (χ3v) is 5.43. The van der Waals surface area contributed by atoms with Gasteiger partial charge in [0.2, 0.25) is 6.79 Å². The van der Waals surface area contributed by atoms with Gasteiger partial charge in [0.1, 0.15) is 0 Å². The predicted octanol–water partition coefficient (Wildman–Crippen LogP) is 3.94. The number of allylic oxidation sites excluding steroid dienone is 1. The lowest BCUT2D eigenvalue weighted by atomic mass is 10.1. The number of hydrogen-bond donors (Lipinski definition) is 0. The van der Waals surface area contributed by atoms with Crippen molar-refractivity contribution >= 4 is 40.0 Å². The van der Waals surface area contributed by atoms with Crippen molar-refractivity contribution in [3.8, 4) is 11.5 Å². The summed E-state index contributed by atoms with van der Waals surface area (Å²) in [6.45, 7) is 4.14. The number of ketones is 1. The zero-order valence-electron chi connectivity index (χ0n) is 14.7. The number of thioether (sulfide) groups is 1. The Kier molecular flexibility index (Phi) is 5.11. The fraction of sp³-hybridized carbons (Fsp3) is 0.150. The number of fused-ring (bicyclic) bond motifs is 2. The van der Waals surface area contributed by atoms with Crippen LogP contribution in [0.15, 0.2) is 59.0 Å². The molecule has 2 heterocycles. The summed E-state index contributed by atoms with van der Waals surface area (Å²) in [6, 6.07) is 10.0. The highest BCUT2D eigenvalue weighted by molar-refractivity contribution is 7.99. The Hall–Kier alpha value is -2.77. The van der Waals surface area contributed by atoms with Gasteiger partial charge in [0.05, 0.1) is 16.7 Å². The first-order chi connectivity index (χ1) is 13.6. The summed E-state index contributed by atoms with van der Waals surface area (Å²) in [5.74, 6) is 1.21. The molecule has 0 N–H and O–H groups in total. The number of hydrogen-bond acceptors (Lipinski definition) is 6. The standard InChI is InChI=1S/C20H15ClN2O4S/c1-2-7-23-19(25)14-9-13(21)4-5-15(14)22-20(23)28-10-16(24)12-3-6-17-18(8-12)27-11-26-17/h2-6,8-9H,1,7,10-11H2. The van der Waals surface area contributed by atoms with Gasteiger partial charge >= 0.3 is 0 Å². The molecule has 0 amide bonds. The van der Waals surface area contributed by atoms with Gasteiger partial charge in [-0.15, -0.1) is 6.58 Å². The van der Waals surface area contributed by atoms with E-state index in [4.69, 9.17) is 21.1 Å². The van der Waals surface area contributed by atoms with E-state index < -0.39 is 0 Å². The molecule has 6 nitrogen and oxygen atoms in total. The lowest BCUT2D eigenvalue weighted by molar-refractivity contribution is 0.102. The van der Waals surface area contributed by atoms with E-state index in [1.54, 1.807) is 42.5 Å². The predicted molar refractivity (Wildman–Crippen MR) is 109 cm³/mol. The molecule has 0 unspecified atom stereocenters. The number of aromatic nitrogens is 2. The van der Waals surface area contributed by atoms with Crippen LogP contribution in [0.25, 0.3) is 10.9 Å². The number of benzene rings is 2. The number of rotatable bonds is 6. The molecule has 0 radical (unpaired) electrons. The highest BCUT2D eigenvalue weighted by Gasteiger charge is 2.18. The molecule has 0 bridgehead atoms. The lowest BCUT2D eigenvalue weighted by Gasteiger charge is -2.11. The fourth-order valence-corrected chi connectivity index (χ4v) is 3.93. The maximum atomic E-state index is 12.8. The van der Waals surface area contributed by atoms with E-state index in [-0.39, 0.29) is 30.4 Å². The van der Waals surface area contributed by atoms with E-state index in [9.17, 15) is 9.59 Å². The summed E-state index contributed by atoms with van der Waals surface area (Å²) < 4.78 is 12.1. The van der Waals surface area contributed by atoms with Crippen LogP contribution in [0, 0.1) is 0 Å². The van der Waals surface area contributed by atoms with Gasteiger partial charge in [-0.25, -0.2) is 4.98 Å². The Bertz CT molecular complexity index is 1160. The van der Waals surface area contributed by atoms with Crippen LogP contribution in [-0.2, 0) is 6.54 Å². The van der Waals surface area contributed by atoms with Crippen LogP contribution >= 0.6 is 23.4 Å². The zero-order chi connectivity index (χ0) is 19.7. The van der Waals surface area contributed by atoms with Gasteiger partial charge in [-0.1, -0.05) is 29.4 Å². The topological polar surface area (TPSA) is 70.4 Å². The minimum Gasteiger partial charge on any atom is -0.454 e. The van der Waals surface area contributed by atoms with E-state index >= 15 is 0 Å². The van der Waals surface area contributed by atoms with Gasteiger partial charge in [-0.05, 0) is 36.4 Å². The number of carbonyl (C=O) groups is 1. The Morgan fingerprint density at radius 1 is 1.25 bits per heavy atom. The van der Waals surface area contributed by atoms with E-state index in [0.717, 1.165) is 0 Å². The summed E-state index contributed by atoms with van der Waals surface area (Å²) in [7, 11) is 0. The van der Waals surface area contributed by atoms with Gasteiger partial charge in [0, 0.05) is 17.1 Å². The molecule has 8 heteroatoms. The first-order valence-corrected chi connectivity index (χ1v) is 9.80. The second-order valence-electron chi connectivity index (χ2n) is 6.04. The smallest absolute Gasteiger partial charge is 0.262 e. The van der Waals surface area contributed by atoms with Crippen molar-refractivity contribution in [1.82, 2.24) is 9.55 Å². The van der Waals surface area contributed by atoms with E-state index in [0.29, 0.717) is 38.1 Å². The number of halogens is 1. The van der Waals surface area contributed by atoms with Crippen LogP contribution in [0.2, 0.25) is 5.02 Å². The third-order valence-electron chi connectivity index (χ3n) is 4.22. The molecule has 0 spiro atoms. The summed E-state index contributed by atoms with van der Waals surface area (Å²) in [4.78, 5) is 30.0. The van der Waals surface area contributed by atoms with Crippen LogP contribution < -0.4 is 15.0 Å². The van der Waals surface area contributed by atoms with Gasteiger partial charge in [0.25, 0.3) is 5.56 Å². The van der Waals surface area contributed by atoms with Crippen molar-refractivity contribution in [2.45, 2.75) is 11.7 Å². The van der Waals surface area contributed by atoms with Crippen molar-refractivity contribution in [3.05, 3.63) is 70.0 Å². The number of Topliss-reactive ketones (excluding diaryl/α,β-unsaturated/α-hetero) is 1. The van der Waals surface area contributed by atoms with E-state index in [1.807, 2.05) is 0 Å². The van der Waals surface area contributed by atoms with Crippen molar-refractivity contribution in [2.24, 2.45) is 0 Å². The van der Waals surface area contributed by atoms with E-state index in [2.05, 4.69) is 11.6 Å². The molecule has 4 rings (SSSR count). The second kappa shape index (κ2) is 7.69. The molecule has 1 aromatic heterocycles. The molecule has 142 valence electrons. The SMILES string of the molecule is C=CCn1c(SCC(=O)c2ccc3c(c2)OCO3)nc2ccc(Cl)cc2c1=O. The lowest BCUT2D eigenvalue weighted by Crippen LogP contribution is -2.23. The molecule has 0 aliphatic carbocycles.